The van der Waals surface area contributed by atoms with Gasteiger partial charge in [0.05, 0.1) is 6.21 Å². The van der Waals surface area contributed by atoms with Crippen LogP contribution in [0.15, 0.2) is 29.4 Å². The minimum Gasteiger partial charge on any atom is -0.266 e. The quantitative estimate of drug-likeness (QED) is 0.299. The molecule has 1 rings (SSSR count). The van der Waals surface area contributed by atoms with Crippen LogP contribution < -0.4 is 5.43 Å². The molecule has 176 valence electrons. The number of hydrogen-bond acceptors (Lipinski definition) is 2. The van der Waals surface area contributed by atoms with Gasteiger partial charge in [-0.15, -0.1) is 0 Å². The molecule has 0 spiro atoms. The first-order valence-corrected chi connectivity index (χ1v) is 7.57. The Morgan fingerprint density at radius 1 is 0.742 bits per heavy atom. The molecule has 0 unspecified atom stereocenters. The lowest BCUT2D eigenvalue weighted by atomic mass is 9.93. The maximum absolute atomic E-state index is 13.5. The van der Waals surface area contributed by atoms with Crippen LogP contribution in [0.1, 0.15) is 5.56 Å². The van der Waals surface area contributed by atoms with Crippen molar-refractivity contribution in [1.82, 2.24) is 5.43 Å². The molecule has 1 N–H and O–H groups in total. The monoisotopic (exact) mass is 500 g/mol. The molecule has 0 saturated heterocycles. The van der Waals surface area contributed by atoms with E-state index >= 15 is 0 Å². The van der Waals surface area contributed by atoms with E-state index in [1.54, 1.807) is 0 Å². The number of amides is 1. The zero-order valence-corrected chi connectivity index (χ0v) is 14.8. The summed E-state index contributed by atoms with van der Waals surface area (Å²) < 4.78 is 168. The van der Waals surface area contributed by atoms with Gasteiger partial charge in [-0.3, -0.25) is 4.79 Å². The predicted octanol–water partition coefficient (Wildman–Crippen LogP) is 5.53. The number of alkyl halides is 13. The lowest BCUT2D eigenvalue weighted by Crippen LogP contribution is -2.71. The van der Waals surface area contributed by atoms with E-state index in [2.05, 4.69) is 5.10 Å². The summed E-state index contributed by atoms with van der Waals surface area (Å²) in [5, 5.41) is 2.80. The van der Waals surface area contributed by atoms with Crippen LogP contribution in [0.3, 0.4) is 0 Å². The van der Waals surface area contributed by atoms with Crippen molar-refractivity contribution < 1.29 is 61.9 Å². The third-order valence-corrected chi connectivity index (χ3v) is 3.72. The molecule has 0 aliphatic carbocycles. The van der Waals surface area contributed by atoms with E-state index in [9.17, 15) is 61.9 Å². The second kappa shape index (κ2) is 8.02. The number of nitrogens with one attached hydrogen (secondary N) is 1. The minimum absolute atomic E-state index is 0.0403. The second-order valence-electron chi connectivity index (χ2n) is 5.62. The summed E-state index contributed by atoms with van der Waals surface area (Å²) in [7, 11) is 0. The molecule has 31 heavy (non-hydrogen) atoms. The van der Waals surface area contributed by atoms with Gasteiger partial charge >= 0.3 is 41.7 Å². The topological polar surface area (TPSA) is 41.5 Å². The average Bonchev–Trinajstić information content (AvgIpc) is 2.61. The molecule has 0 radical (unpaired) electrons. The maximum atomic E-state index is 13.5. The van der Waals surface area contributed by atoms with E-state index in [1.165, 1.54) is 12.1 Å². The van der Waals surface area contributed by atoms with Crippen molar-refractivity contribution in [2.24, 2.45) is 5.10 Å². The molecular weight excluding hydrogens is 495 g/mol. The van der Waals surface area contributed by atoms with Crippen molar-refractivity contribution in [3.8, 4) is 0 Å². The Morgan fingerprint density at radius 3 is 1.58 bits per heavy atom. The third kappa shape index (κ3) is 4.39. The van der Waals surface area contributed by atoms with E-state index < -0.39 is 41.7 Å². The Morgan fingerprint density at radius 2 is 1.16 bits per heavy atom. The van der Waals surface area contributed by atoms with Crippen molar-refractivity contribution in [1.29, 1.82) is 0 Å². The third-order valence-electron chi connectivity index (χ3n) is 3.47. The standard InChI is InChI=1S/C14H6ClF13N2O/c15-7-3-1-6(2-4-7)5-29-30-8(31)9(16,17)10(18,19)11(20,21)12(22,23)13(24,25)14(26,27)28/h1-5H,(H,30,31)/b29-5+. The first-order valence-electron chi connectivity index (χ1n) is 7.19. The molecule has 1 amide bonds. The SMILES string of the molecule is O=C(N/N=C/c1ccc(Cl)cc1)C(F)(F)C(F)(F)C(F)(F)C(F)(F)C(F)(F)C(F)(F)F. The fourth-order valence-corrected chi connectivity index (χ4v) is 1.82. The van der Waals surface area contributed by atoms with E-state index in [0.717, 1.165) is 12.1 Å². The predicted molar refractivity (Wildman–Crippen MR) is 78.0 cm³/mol. The molecule has 3 nitrogen and oxygen atoms in total. The van der Waals surface area contributed by atoms with Crippen LogP contribution in [-0.4, -0.2) is 47.9 Å². The molecule has 0 aromatic heterocycles. The molecule has 0 saturated carbocycles. The number of hydrazone groups is 1. The van der Waals surface area contributed by atoms with Gasteiger partial charge in [-0.1, -0.05) is 23.7 Å². The summed E-state index contributed by atoms with van der Waals surface area (Å²) in [4.78, 5) is 11.1. The van der Waals surface area contributed by atoms with Crippen LogP contribution in [0, 0.1) is 0 Å². The fourth-order valence-electron chi connectivity index (χ4n) is 1.70. The van der Waals surface area contributed by atoms with Crippen LogP contribution in [0.25, 0.3) is 0 Å². The molecule has 0 bridgehead atoms. The number of halogens is 14. The van der Waals surface area contributed by atoms with Crippen LogP contribution >= 0.6 is 11.6 Å². The summed E-state index contributed by atoms with van der Waals surface area (Å²) in [6.07, 6.45) is -7.07. The van der Waals surface area contributed by atoms with Gasteiger partial charge in [0.15, 0.2) is 0 Å². The average molecular weight is 501 g/mol. The molecule has 1 aromatic rings. The second-order valence-corrected chi connectivity index (χ2v) is 6.06. The Hall–Kier alpha value is -2.26. The molecule has 0 fully saturated rings. The summed E-state index contributed by atoms with van der Waals surface area (Å²) in [5.74, 6) is -42.2. The van der Waals surface area contributed by atoms with E-state index in [4.69, 9.17) is 11.6 Å². The number of benzene rings is 1. The van der Waals surface area contributed by atoms with Crippen molar-refractivity contribution >= 4 is 23.7 Å². The lowest BCUT2D eigenvalue weighted by Gasteiger charge is -2.38. The number of rotatable bonds is 7. The van der Waals surface area contributed by atoms with Crippen LogP contribution in [0.2, 0.25) is 5.02 Å². The lowest BCUT2D eigenvalue weighted by molar-refractivity contribution is -0.436. The Labute approximate surface area is 167 Å². The van der Waals surface area contributed by atoms with Crippen LogP contribution in [0.5, 0.6) is 0 Å². The Kier molecular flexibility index (Phi) is 6.92. The van der Waals surface area contributed by atoms with Crippen molar-refractivity contribution in [2.45, 2.75) is 35.8 Å². The normalized spacial score (nSPS) is 14.8. The number of carbonyl (C=O) groups excluding carboxylic acids is 1. The van der Waals surface area contributed by atoms with Gasteiger partial charge in [0.1, 0.15) is 0 Å². The minimum atomic E-state index is -8.09. The van der Waals surface area contributed by atoms with Crippen molar-refractivity contribution in [3.63, 3.8) is 0 Å². The molecule has 0 aliphatic heterocycles. The summed E-state index contributed by atoms with van der Waals surface area (Å²) in [6.45, 7) is 0. The summed E-state index contributed by atoms with van der Waals surface area (Å²) >= 11 is 5.49. The Bertz CT molecular complexity index is 834. The highest BCUT2D eigenvalue weighted by atomic mass is 35.5. The van der Waals surface area contributed by atoms with Crippen LogP contribution in [0.4, 0.5) is 57.1 Å². The summed E-state index contributed by atoms with van der Waals surface area (Å²) in [6, 6.07) is 4.63. The van der Waals surface area contributed by atoms with Gasteiger partial charge in [0.25, 0.3) is 0 Å². The molecule has 0 aliphatic rings. The smallest absolute Gasteiger partial charge is 0.266 e. The van der Waals surface area contributed by atoms with E-state index in [1.807, 2.05) is 0 Å². The number of carbonyl (C=O) groups is 1. The zero-order valence-electron chi connectivity index (χ0n) is 14.0. The fraction of sp³-hybridized carbons (Fsp3) is 0.429. The van der Waals surface area contributed by atoms with Gasteiger partial charge in [-0.2, -0.15) is 62.2 Å². The Balaban J connectivity index is 3.23. The number of nitrogens with zero attached hydrogens (tertiary/aromatic N) is 1. The maximum Gasteiger partial charge on any atom is 0.460 e. The first kappa shape index (κ1) is 26.8. The molecule has 17 heteroatoms. The molecule has 1 aromatic carbocycles. The first-order chi connectivity index (χ1) is 13.6. The highest BCUT2D eigenvalue weighted by Crippen LogP contribution is 2.60. The summed E-state index contributed by atoms with van der Waals surface area (Å²) in [5.41, 5.74) is 0.524. The highest BCUT2D eigenvalue weighted by Gasteiger charge is 2.91. The molecule has 0 atom stereocenters. The van der Waals surface area contributed by atoms with Crippen LogP contribution in [-0.2, 0) is 4.79 Å². The highest BCUT2D eigenvalue weighted by molar-refractivity contribution is 6.30. The van der Waals surface area contributed by atoms with Gasteiger partial charge in [-0.05, 0) is 17.7 Å². The van der Waals surface area contributed by atoms with Gasteiger partial charge in [0, 0.05) is 5.02 Å². The number of hydrogen-bond donors (Lipinski definition) is 1. The molecular formula is C14H6ClF13N2O. The van der Waals surface area contributed by atoms with E-state index in [-0.39, 0.29) is 10.6 Å². The van der Waals surface area contributed by atoms with Crippen molar-refractivity contribution in [3.05, 3.63) is 34.9 Å². The van der Waals surface area contributed by atoms with Crippen molar-refractivity contribution in [2.75, 3.05) is 0 Å². The van der Waals surface area contributed by atoms with E-state index in [0.29, 0.717) is 11.6 Å². The van der Waals surface area contributed by atoms with Gasteiger partial charge in [-0.25, -0.2) is 5.43 Å². The van der Waals surface area contributed by atoms with Gasteiger partial charge in [0.2, 0.25) is 0 Å². The largest absolute Gasteiger partial charge is 0.460 e. The van der Waals surface area contributed by atoms with Gasteiger partial charge < -0.3 is 0 Å². The molecule has 0 heterocycles. The zero-order chi connectivity index (χ0) is 24.7.